The van der Waals surface area contributed by atoms with Gasteiger partial charge in [0, 0.05) is 24.1 Å². The van der Waals surface area contributed by atoms with Crippen LogP contribution in [-0.2, 0) is 15.3 Å². The molecule has 2 rings (SSSR count). The van der Waals surface area contributed by atoms with E-state index in [0.29, 0.717) is 5.69 Å². The lowest BCUT2D eigenvalue weighted by molar-refractivity contribution is -0.138. The lowest BCUT2D eigenvalue weighted by atomic mass is 9.92. The molecule has 0 bridgehead atoms. The first-order valence-corrected chi connectivity index (χ1v) is 4.86. The zero-order chi connectivity index (χ0) is 11.8. The van der Waals surface area contributed by atoms with Gasteiger partial charge in [-0.05, 0) is 6.07 Å². The molecule has 1 aliphatic rings. The Hall–Kier alpha value is -1.91. The summed E-state index contributed by atoms with van der Waals surface area (Å²) in [4.78, 5) is 21.9. The number of carboxylic acids is 1. The normalized spacial score (nSPS) is 22.7. The van der Waals surface area contributed by atoms with Crippen LogP contribution in [0.15, 0.2) is 24.3 Å². The van der Waals surface area contributed by atoms with E-state index >= 15 is 0 Å². The van der Waals surface area contributed by atoms with Crippen LogP contribution in [0.3, 0.4) is 0 Å². The fraction of sp³-hybridized carbons (Fsp3) is 0.273. The molecule has 4 nitrogen and oxygen atoms in total. The molecule has 0 aliphatic carbocycles. The Bertz CT molecular complexity index is 460. The second-order valence-electron chi connectivity index (χ2n) is 3.69. The molecule has 1 aromatic carbocycles. The average molecular weight is 223 g/mol. The highest BCUT2D eigenvalue weighted by Gasteiger charge is 2.47. The summed E-state index contributed by atoms with van der Waals surface area (Å²) in [5.41, 5.74) is -1.57. The van der Waals surface area contributed by atoms with Crippen molar-refractivity contribution >= 4 is 17.6 Å². The molecule has 5 heteroatoms. The lowest BCUT2D eigenvalue weighted by Gasteiger charge is -2.16. The summed E-state index contributed by atoms with van der Waals surface area (Å²) in [5.74, 6) is -1.90. The van der Waals surface area contributed by atoms with E-state index in [1.54, 1.807) is 18.2 Å². The maximum absolute atomic E-state index is 14.4. The fourth-order valence-corrected chi connectivity index (χ4v) is 1.81. The number of carboxylic acid groups (broad SMARTS) is 1. The molecule has 0 fully saturated rings. The minimum absolute atomic E-state index is 0.223. The maximum atomic E-state index is 14.4. The first-order valence-electron chi connectivity index (χ1n) is 4.86. The van der Waals surface area contributed by atoms with E-state index in [1.807, 2.05) is 0 Å². The molecule has 0 saturated heterocycles. The number of rotatable bonds is 3. The molecule has 84 valence electrons. The fourth-order valence-electron chi connectivity index (χ4n) is 1.81. The number of aliphatic carboxylic acids is 1. The Balaban J connectivity index is 2.33. The smallest absolute Gasteiger partial charge is 0.303 e. The summed E-state index contributed by atoms with van der Waals surface area (Å²) >= 11 is 0. The number of benzene rings is 1. The van der Waals surface area contributed by atoms with Crippen LogP contribution >= 0.6 is 0 Å². The van der Waals surface area contributed by atoms with Gasteiger partial charge < -0.3 is 10.4 Å². The third kappa shape index (κ3) is 1.54. The first kappa shape index (κ1) is 10.6. The van der Waals surface area contributed by atoms with Crippen molar-refractivity contribution < 1.29 is 19.1 Å². The highest BCUT2D eigenvalue weighted by Crippen LogP contribution is 2.41. The topological polar surface area (TPSA) is 66.4 Å². The zero-order valence-corrected chi connectivity index (χ0v) is 8.37. The van der Waals surface area contributed by atoms with E-state index < -0.39 is 17.5 Å². The Morgan fingerprint density at radius 3 is 2.81 bits per heavy atom. The number of carbonyl (C=O) groups is 2. The van der Waals surface area contributed by atoms with E-state index in [1.165, 1.54) is 6.07 Å². The number of hydrogen-bond donors (Lipinski definition) is 2. The largest absolute Gasteiger partial charge is 0.481 e. The van der Waals surface area contributed by atoms with Crippen molar-refractivity contribution in [3.05, 3.63) is 29.8 Å². The summed E-state index contributed by atoms with van der Waals surface area (Å²) in [6, 6.07) is 6.39. The van der Waals surface area contributed by atoms with Crippen molar-refractivity contribution in [2.75, 3.05) is 5.32 Å². The van der Waals surface area contributed by atoms with Crippen LogP contribution in [0, 0.1) is 0 Å². The Morgan fingerprint density at radius 1 is 1.44 bits per heavy atom. The number of para-hydroxylation sites is 1. The molecule has 16 heavy (non-hydrogen) atoms. The van der Waals surface area contributed by atoms with E-state index in [0.717, 1.165) is 0 Å². The standard InChI is InChI=1S/C11H10FNO3/c12-11(6-5-9(14)15)7-3-1-2-4-8(7)13-10(11)16/h1-4H,5-6H2,(H,13,16)(H,14,15). The molecule has 1 heterocycles. The molecule has 1 atom stereocenters. The van der Waals surface area contributed by atoms with Crippen LogP contribution < -0.4 is 5.32 Å². The molecule has 1 aliphatic heterocycles. The predicted molar refractivity (Wildman–Crippen MR) is 54.7 cm³/mol. The quantitative estimate of drug-likeness (QED) is 0.819. The highest BCUT2D eigenvalue weighted by atomic mass is 19.1. The van der Waals surface area contributed by atoms with Gasteiger partial charge in [0.1, 0.15) is 0 Å². The lowest BCUT2D eigenvalue weighted by Crippen LogP contribution is -2.30. The van der Waals surface area contributed by atoms with Crippen molar-refractivity contribution in [3.8, 4) is 0 Å². The second kappa shape index (κ2) is 3.59. The number of alkyl halides is 1. The van der Waals surface area contributed by atoms with Crippen LogP contribution in [0.5, 0.6) is 0 Å². The van der Waals surface area contributed by atoms with Gasteiger partial charge in [0.15, 0.2) is 0 Å². The van der Waals surface area contributed by atoms with E-state index in [4.69, 9.17) is 5.11 Å². The summed E-state index contributed by atoms with van der Waals surface area (Å²) in [5, 5.41) is 10.9. The highest BCUT2D eigenvalue weighted by molar-refractivity contribution is 6.05. The molecule has 2 N–H and O–H groups in total. The number of anilines is 1. The number of halogens is 1. The number of nitrogens with one attached hydrogen (secondary N) is 1. The van der Waals surface area contributed by atoms with Gasteiger partial charge in [0.2, 0.25) is 5.67 Å². The van der Waals surface area contributed by atoms with Crippen LogP contribution in [0.4, 0.5) is 10.1 Å². The third-order valence-electron chi connectivity index (χ3n) is 2.65. The zero-order valence-electron chi connectivity index (χ0n) is 8.37. The van der Waals surface area contributed by atoms with Gasteiger partial charge in [-0.3, -0.25) is 9.59 Å². The number of amides is 1. The minimum atomic E-state index is -2.21. The molecule has 0 spiro atoms. The van der Waals surface area contributed by atoms with Gasteiger partial charge in [0.05, 0.1) is 0 Å². The molecular formula is C11H10FNO3. The van der Waals surface area contributed by atoms with E-state index in [2.05, 4.69) is 5.32 Å². The van der Waals surface area contributed by atoms with Crippen LogP contribution in [0.2, 0.25) is 0 Å². The van der Waals surface area contributed by atoms with Crippen molar-refractivity contribution in [1.82, 2.24) is 0 Å². The molecule has 0 aromatic heterocycles. The van der Waals surface area contributed by atoms with Gasteiger partial charge in [-0.25, -0.2) is 4.39 Å². The van der Waals surface area contributed by atoms with Crippen molar-refractivity contribution in [2.45, 2.75) is 18.5 Å². The Morgan fingerprint density at radius 2 is 2.12 bits per heavy atom. The molecule has 1 unspecified atom stereocenters. The first-order chi connectivity index (χ1) is 7.54. The van der Waals surface area contributed by atoms with Crippen molar-refractivity contribution in [2.24, 2.45) is 0 Å². The summed E-state index contributed by atoms with van der Waals surface area (Å²) in [6.45, 7) is 0. The van der Waals surface area contributed by atoms with Crippen molar-refractivity contribution in [3.63, 3.8) is 0 Å². The van der Waals surface area contributed by atoms with E-state index in [9.17, 15) is 14.0 Å². The Labute approximate surface area is 91.1 Å². The van der Waals surface area contributed by atoms with Gasteiger partial charge in [-0.2, -0.15) is 0 Å². The van der Waals surface area contributed by atoms with Crippen LogP contribution in [0.1, 0.15) is 18.4 Å². The minimum Gasteiger partial charge on any atom is -0.481 e. The number of fused-ring (bicyclic) bond motifs is 1. The average Bonchev–Trinajstić information content (AvgIpc) is 2.50. The van der Waals surface area contributed by atoms with Crippen LogP contribution in [-0.4, -0.2) is 17.0 Å². The monoisotopic (exact) mass is 223 g/mol. The van der Waals surface area contributed by atoms with Gasteiger partial charge in [-0.15, -0.1) is 0 Å². The van der Waals surface area contributed by atoms with Crippen molar-refractivity contribution in [1.29, 1.82) is 0 Å². The predicted octanol–water partition coefficient (Wildman–Crippen LogP) is 1.67. The summed E-state index contributed by atoms with van der Waals surface area (Å²) < 4.78 is 14.4. The molecule has 0 radical (unpaired) electrons. The number of carbonyl (C=O) groups excluding carboxylic acids is 1. The van der Waals surface area contributed by atoms with Crippen LogP contribution in [0.25, 0.3) is 0 Å². The Kier molecular flexibility index (Phi) is 2.38. The summed E-state index contributed by atoms with van der Waals surface area (Å²) in [7, 11) is 0. The summed E-state index contributed by atoms with van der Waals surface area (Å²) in [6.07, 6.45) is -0.719. The van der Waals surface area contributed by atoms with Gasteiger partial charge in [-0.1, -0.05) is 18.2 Å². The second-order valence-corrected chi connectivity index (χ2v) is 3.69. The third-order valence-corrected chi connectivity index (χ3v) is 2.65. The van der Waals surface area contributed by atoms with Gasteiger partial charge >= 0.3 is 5.97 Å². The maximum Gasteiger partial charge on any atom is 0.303 e. The SMILES string of the molecule is O=C(O)CCC1(F)C(=O)Nc2ccccc21. The molecule has 1 aromatic rings. The number of hydrogen-bond acceptors (Lipinski definition) is 2. The van der Waals surface area contributed by atoms with E-state index in [-0.39, 0.29) is 18.4 Å². The molecule has 0 saturated carbocycles. The van der Waals surface area contributed by atoms with Gasteiger partial charge in [0.25, 0.3) is 5.91 Å². The molecule has 1 amide bonds. The molecular weight excluding hydrogens is 213 g/mol.